The number of nitrogens with zero attached hydrogens (tertiary/aromatic N) is 1. The molecule has 0 aliphatic rings. The Labute approximate surface area is 151 Å². The Morgan fingerprint density at radius 1 is 1.04 bits per heavy atom. The number of hydrazone groups is 1. The number of hydrogen-bond donors (Lipinski definition) is 1. The summed E-state index contributed by atoms with van der Waals surface area (Å²) < 4.78 is 15.3. The number of rotatable bonds is 8. The summed E-state index contributed by atoms with van der Waals surface area (Å²) in [5.41, 5.74) is 3.62. The largest absolute Gasteiger partial charge is 0.497 e. The maximum atomic E-state index is 11.7. The molecule has 0 aliphatic heterocycles. The number of carbonyl (C=O) groups excluding carboxylic acids is 2. The first-order chi connectivity index (χ1) is 12.6. The first-order valence-corrected chi connectivity index (χ1v) is 7.98. The summed E-state index contributed by atoms with van der Waals surface area (Å²) >= 11 is 0. The number of carbonyl (C=O) groups is 2. The van der Waals surface area contributed by atoms with Crippen LogP contribution in [0.3, 0.4) is 0 Å². The van der Waals surface area contributed by atoms with Gasteiger partial charge in [-0.05, 0) is 61.0 Å². The fourth-order valence-electron chi connectivity index (χ4n) is 1.95. The lowest BCUT2D eigenvalue weighted by atomic mass is 10.2. The van der Waals surface area contributed by atoms with E-state index in [1.54, 1.807) is 50.4 Å². The van der Waals surface area contributed by atoms with Gasteiger partial charge in [0.15, 0.2) is 6.61 Å². The number of amides is 1. The van der Waals surface area contributed by atoms with Gasteiger partial charge in [-0.15, -0.1) is 0 Å². The summed E-state index contributed by atoms with van der Waals surface area (Å²) in [6.07, 6.45) is 1.52. The second kappa shape index (κ2) is 9.83. The van der Waals surface area contributed by atoms with Gasteiger partial charge in [0, 0.05) is 0 Å². The molecule has 2 aromatic rings. The minimum Gasteiger partial charge on any atom is -0.497 e. The molecule has 7 heteroatoms. The van der Waals surface area contributed by atoms with Crippen LogP contribution in [0, 0.1) is 0 Å². The molecule has 2 rings (SSSR count). The highest BCUT2D eigenvalue weighted by molar-refractivity contribution is 5.89. The third-order valence-electron chi connectivity index (χ3n) is 3.25. The van der Waals surface area contributed by atoms with Gasteiger partial charge in [0.2, 0.25) is 0 Å². The highest BCUT2D eigenvalue weighted by Gasteiger charge is 2.07. The molecule has 0 aliphatic carbocycles. The third-order valence-corrected chi connectivity index (χ3v) is 3.25. The maximum Gasteiger partial charge on any atom is 0.338 e. The quantitative estimate of drug-likeness (QED) is 0.446. The number of benzene rings is 2. The van der Waals surface area contributed by atoms with Crippen molar-refractivity contribution in [3.63, 3.8) is 0 Å². The van der Waals surface area contributed by atoms with Crippen LogP contribution in [0.1, 0.15) is 22.8 Å². The maximum absolute atomic E-state index is 11.7. The SMILES string of the molecule is CCOC(=O)c1ccc(OCC(=O)NN=Cc2ccc(OC)cc2)cc1. The van der Waals surface area contributed by atoms with E-state index < -0.39 is 11.9 Å². The minimum atomic E-state index is -0.399. The Morgan fingerprint density at radius 3 is 2.31 bits per heavy atom. The lowest BCUT2D eigenvalue weighted by Crippen LogP contribution is -2.24. The monoisotopic (exact) mass is 356 g/mol. The van der Waals surface area contributed by atoms with Gasteiger partial charge in [-0.3, -0.25) is 4.79 Å². The summed E-state index contributed by atoms with van der Waals surface area (Å²) in [6.45, 7) is 1.86. The smallest absolute Gasteiger partial charge is 0.338 e. The van der Waals surface area contributed by atoms with Crippen molar-refractivity contribution in [1.29, 1.82) is 0 Å². The van der Waals surface area contributed by atoms with E-state index >= 15 is 0 Å². The standard InChI is InChI=1S/C19H20N2O5/c1-3-25-19(23)15-6-10-17(11-7-15)26-13-18(22)21-20-12-14-4-8-16(24-2)9-5-14/h4-12H,3,13H2,1-2H3,(H,21,22). The molecule has 0 atom stereocenters. The van der Waals surface area contributed by atoms with Crippen molar-refractivity contribution in [3.05, 3.63) is 59.7 Å². The number of esters is 1. The molecule has 0 bridgehead atoms. The van der Waals surface area contributed by atoms with Crippen molar-refractivity contribution in [2.24, 2.45) is 5.10 Å². The molecule has 0 spiro atoms. The topological polar surface area (TPSA) is 86.2 Å². The van der Waals surface area contributed by atoms with Crippen LogP contribution in [0.25, 0.3) is 0 Å². The van der Waals surface area contributed by atoms with Crippen molar-refractivity contribution in [2.75, 3.05) is 20.3 Å². The summed E-state index contributed by atoms with van der Waals surface area (Å²) in [4.78, 5) is 23.3. The second-order valence-electron chi connectivity index (χ2n) is 5.10. The van der Waals surface area contributed by atoms with Crippen LogP contribution in [0.2, 0.25) is 0 Å². The number of hydrogen-bond acceptors (Lipinski definition) is 6. The molecule has 0 fully saturated rings. The van der Waals surface area contributed by atoms with Crippen LogP contribution in [0.5, 0.6) is 11.5 Å². The molecular weight excluding hydrogens is 336 g/mol. The van der Waals surface area contributed by atoms with Gasteiger partial charge in [-0.25, -0.2) is 10.2 Å². The molecule has 0 aromatic heterocycles. The van der Waals surface area contributed by atoms with Crippen molar-refractivity contribution >= 4 is 18.1 Å². The van der Waals surface area contributed by atoms with E-state index in [2.05, 4.69) is 10.5 Å². The van der Waals surface area contributed by atoms with E-state index in [4.69, 9.17) is 14.2 Å². The Bertz CT molecular complexity index is 755. The zero-order valence-corrected chi connectivity index (χ0v) is 14.6. The lowest BCUT2D eigenvalue weighted by molar-refractivity contribution is -0.123. The summed E-state index contributed by atoms with van der Waals surface area (Å²) in [5, 5.41) is 3.86. The Balaban J connectivity index is 1.77. The molecule has 0 unspecified atom stereocenters. The first-order valence-electron chi connectivity index (χ1n) is 7.98. The number of methoxy groups -OCH3 is 1. The predicted molar refractivity (Wildman–Crippen MR) is 96.6 cm³/mol. The molecule has 0 radical (unpaired) electrons. The van der Waals surface area contributed by atoms with Gasteiger partial charge in [-0.1, -0.05) is 0 Å². The average Bonchev–Trinajstić information content (AvgIpc) is 2.67. The van der Waals surface area contributed by atoms with Crippen LogP contribution in [0.15, 0.2) is 53.6 Å². The van der Waals surface area contributed by atoms with Crippen LogP contribution < -0.4 is 14.9 Å². The molecule has 136 valence electrons. The fourth-order valence-corrected chi connectivity index (χ4v) is 1.95. The summed E-state index contributed by atoms with van der Waals surface area (Å²) in [6, 6.07) is 13.6. The molecule has 0 heterocycles. The third kappa shape index (κ3) is 5.94. The van der Waals surface area contributed by atoms with Crippen LogP contribution in [-0.4, -0.2) is 38.4 Å². The van der Waals surface area contributed by atoms with Gasteiger partial charge in [-0.2, -0.15) is 5.10 Å². The van der Waals surface area contributed by atoms with E-state index in [1.165, 1.54) is 6.21 Å². The predicted octanol–water partition coefficient (Wildman–Crippen LogP) is 2.40. The van der Waals surface area contributed by atoms with Gasteiger partial charge in [0.25, 0.3) is 5.91 Å². The molecule has 7 nitrogen and oxygen atoms in total. The van der Waals surface area contributed by atoms with Gasteiger partial charge in [0.05, 0.1) is 25.5 Å². The molecular formula is C19H20N2O5. The van der Waals surface area contributed by atoms with Gasteiger partial charge >= 0.3 is 5.97 Å². The summed E-state index contributed by atoms with van der Waals surface area (Å²) in [7, 11) is 1.59. The normalized spacial score (nSPS) is 10.4. The Kier molecular flexibility index (Phi) is 7.17. The number of ether oxygens (including phenoxy) is 3. The zero-order chi connectivity index (χ0) is 18.8. The molecule has 1 N–H and O–H groups in total. The van der Waals surface area contributed by atoms with E-state index in [-0.39, 0.29) is 6.61 Å². The van der Waals surface area contributed by atoms with Gasteiger partial charge in [0.1, 0.15) is 11.5 Å². The van der Waals surface area contributed by atoms with Crippen LogP contribution in [-0.2, 0) is 9.53 Å². The highest BCUT2D eigenvalue weighted by Crippen LogP contribution is 2.13. The molecule has 0 saturated heterocycles. The lowest BCUT2D eigenvalue weighted by Gasteiger charge is -2.06. The van der Waals surface area contributed by atoms with E-state index in [0.29, 0.717) is 17.9 Å². The van der Waals surface area contributed by atoms with Crippen molar-refractivity contribution < 1.29 is 23.8 Å². The second-order valence-corrected chi connectivity index (χ2v) is 5.10. The van der Waals surface area contributed by atoms with Crippen LogP contribution in [0.4, 0.5) is 0 Å². The van der Waals surface area contributed by atoms with Crippen molar-refractivity contribution in [2.45, 2.75) is 6.92 Å². The minimum absolute atomic E-state index is 0.196. The fraction of sp³-hybridized carbons (Fsp3) is 0.211. The average molecular weight is 356 g/mol. The van der Waals surface area contributed by atoms with Crippen molar-refractivity contribution in [1.82, 2.24) is 5.43 Å². The van der Waals surface area contributed by atoms with E-state index in [1.807, 2.05) is 12.1 Å². The Morgan fingerprint density at radius 2 is 1.69 bits per heavy atom. The molecule has 0 saturated carbocycles. The molecule has 2 aromatic carbocycles. The van der Waals surface area contributed by atoms with Gasteiger partial charge < -0.3 is 14.2 Å². The molecule has 26 heavy (non-hydrogen) atoms. The van der Waals surface area contributed by atoms with E-state index in [9.17, 15) is 9.59 Å². The first kappa shape index (κ1) is 19.0. The highest BCUT2D eigenvalue weighted by atomic mass is 16.5. The molecule has 1 amide bonds. The Hall–Kier alpha value is -3.35. The van der Waals surface area contributed by atoms with E-state index in [0.717, 1.165) is 11.3 Å². The van der Waals surface area contributed by atoms with Crippen molar-refractivity contribution in [3.8, 4) is 11.5 Å². The number of nitrogens with one attached hydrogen (secondary N) is 1. The summed E-state index contributed by atoms with van der Waals surface area (Å²) in [5.74, 6) is 0.412. The van der Waals surface area contributed by atoms with Crippen LogP contribution >= 0.6 is 0 Å². The zero-order valence-electron chi connectivity index (χ0n) is 14.6.